The minimum absolute atomic E-state index is 0.175. The van der Waals surface area contributed by atoms with Gasteiger partial charge in [-0.2, -0.15) is 0 Å². The molecule has 1 fully saturated rings. The van der Waals surface area contributed by atoms with Crippen molar-refractivity contribution in [3.63, 3.8) is 0 Å². The molecule has 1 aromatic rings. The molecule has 21 heavy (non-hydrogen) atoms. The molecule has 3 unspecified atom stereocenters. The molecular weight excluding hydrogens is 275 g/mol. The first kappa shape index (κ1) is 15.4. The molecule has 1 aromatic carbocycles. The highest BCUT2D eigenvalue weighted by Crippen LogP contribution is 2.26. The van der Waals surface area contributed by atoms with Gasteiger partial charge in [-0.15, -0.1) is 0 Å². The van der Waals surface area contributed by atoms with E-state index in [0.29, 0.717) is 18.4 Å². The number of hydrogen-bond donors (Lipinski definition) is 3. The van der Waals surface area contributed by atoms with E-state index in [0.717, 1.165) is 6.42 Å². The van der Waals surface area contributed by atoms with Crippen molar-refractivity contribution in [2.45, 2.75) is 37.8 Å². The molecule has 5 nitrogen and oxygen atoms in total. The van der Waals surface area contributed by atoms with Crippen molar-refractivity contribution in [1.82, 2.24) is 5.32 Å². The predicted octanol–water partition coefficient (Wildman–Crippen LogP) is 1.02. The number of amides is 2. The number of rotatable bonds is 5. The largest absolute Gasteiger partial charge is 0.388 e. The van der Waals surface area contributed by atoms with Crippen LogP contribution in [0.1, 0.15) is 37.4 Å². The van der Waals surface area contributed by atoms with E-state index in [4.69, 9.17) is 5.73 Å². The van der Waals surface area contributed by atoms with Crippen LogP contribution in [0.5, 0.6) is 0 Å². The summed E-state index contributed by atoms with van der Waals surface area (Å²) >= 11 is 0. The molecule has 6 heteroatoms. The van der Waals surface area contributed by atoms with Gasteiger partial charge in [-0.1, -0.05) is 18.6 Å². The molecule has 3 atom stereocenters. The molecule has 1 saturated carbocycles. The maximum atomic E-state index is 13.1. The molecule has 0 spiro atoms. The van der Waals surface area contributed by atoms with Crippen LogP contribution >= 0.6 is 0 Å². The topological polar surface area (TPSA) is 92.4 Å². The van der Waals surface area contributed by atoms with Crippen molar-refractivity contribution in [3.8, 4) is 0 Å². The first-order valence-corrected chi connectivity index (χ1v) is 6.99. The third-order valence-electron chi connectivity index (χ3n) is 3.84. The van der Waals surface area contributed by atoms with Crippen molar-refractivity contribution in [1.29, 1.82) is 0 Å². The van der Waals surface area contributed by atoms with E-state index in [9.17, 15) is 19.1 Å². The van der Waals surface area contributed by atoms with E-state index in [1.807, 2.05) is 0 Å². The quantitative estimate of drug-likeness (QED) is 0.757. The molecule has 2 rings (SSSR count). The SMILES string of the molecule is NC(=O)C1CCCC1NC(=O)CC(O)c1cccc(F)c1. The molecule has 114 valence electrons. The van der Waals surface area contributed by atoms with Crippen LogP contribution in [0.3, 0.4) is 0 Å². The van der Waals surface area contributed by atoms with Crippen LogP contribution < -0.4 is 11.1 Å². The van der Waals surface area contributed by atoms with Crippen LogP contribution in [0.4, 0.5) is 4.39 Å². The van der Waals surface area contributed by atoms with Crippen LogP contribution in [0, 0.1) is 11.7 Å². The molecule has 2 amide bonds. The standard InChI is InChI=1S/C15H19FN2O3/c16-10-4-1-3-9(7-10)13(19)8-14(20)18-12-6-2-5-11(12)15(17)21/h1,3-4,7,11-13,19H,2,5-6,8H2,(H2,17,21)(H,18,20). The van der Waals surface area contributed by atoms with E-state index in [-0.39, 0.29) is 24.3 Å². The third kappa shape index (κ3) is 4.01. The van der Waals surface area contributed by atoms with Gasteiger partial charge in [-0.05, 0) is 30.5 Å². The van der Waals surface area contributed by atoms with Gasteiger partial charge in [0.05, 0.1) is 18.4 Å². The van der Waals surface area contributed by atoms with E-state index < -0.39 is 17.8 Å². The van der Waals surface area contributed by atoms with Crippen LogP contribution in [0.2, 0.25) is 0 Å². The Morgan fingerprint density at radius 2 is 2.19 bits per heavy atom. The maximum Gasteiger partial charge on any atom is 0.223 e. The molecule has 0 bridgehead atoms. The fourth-order valence-corrected chi connectivity index (χ4v) is 2.75. The van der Waals surface area contributed by atoms with Crippen molar-refractivity contribution in [2.24, 2.45) is 11.7 Å². The Morgan fingerprint density at radius 1 is 1.43 bits per heavy atom. The number of aliphatic hydroxyl groups is 1. The third-order valence-corrected chi connectivity index (χ3v) is 3.84. The molecular formula is C15H19FN2O3. The summed E-state index contributed by atoms with van der Waals surface area (Å²) in [4.78, 5) is 23.2. The number of halogens is 1. The Labute approximate surface area is 122 Å². The number of carbonyl (C=O) groups is 2. The second-order valence-electron chi connectivity index (χ2n) is 5.39. The van der Waals surface area contributed by atoms with Gasteiger partial charge < -0.3 is 16.2 Å². The number of benzene rings is 1. The van der Waals surface area contributed by atoms with Gasteiger partial charge in [0.1, 0.15) is 5.82 Å². The summed E-state index contributed by atoms with van der Waals surface area (Å²) in [6.07, 6.45) is 0.965. The number of hydrogen-bond acceptors (Lipinski definition) is 3. The van der Waals surface area contributed by atoms with Crippen molar-refractivity contribution in [3.05, 3.63) is 35.6 Å². The Kier molecular flexibility index (Phi) is 4.90. The predicted molar refractivity (Wildman–Crippen MR) is 74.4 cm³/mol. The summed E-state index contributed by atoms with van der Waals surface area (Å²) in [6.45, 7) is 0. The minimum atomic E-state index is -1.07. The lowest BCUT2D eigenvalue weighted by Crippen LogP contribution is -2.42. The summed E-state index contributed by atoms with van der Waals surface area (Å²) in [5.74, 6) is -1.59. The average molecular weight is 294 g/mol. The fraction of sp³-hybridized carbons (Fsp3) is 0.467. The van der Waals surface area contributed by atoms with Gasteiger partial charge in [-0.25, -0.2) is 4.39 Å². The molecule has 4 N–H and O–H groups in total. The van der Waals surface area contributed by atoms with E-state index in [1.165, 1.54) is 18.2 Å². The highest BCUT2D eigenvalue weighted by Gasteiger charge is 2.32. The zero-order chi connectivity index (χ0) is 15.4. The smallest absolute Gasteiger partial charge is 0.223 e. The van der Waals surface area contributed by atoms with Gasteiger partial charge >= 0.3 is 0 Å². The summed E-state index contributed by atoms with van der Waals surface area (Å²) < 4.78 is 13.1. The lowest BCUT2D eigenvalue weighted by atomic mass is 10.0. The Morgan fingerprint density at radius 3 is 2.86 bits per heavy atom. The van der Waals surface area contributed by atoms with Crippen LogP contribution in [0.15, 0.2) is 24.3 Å². The maximum absolute atomic E-state index is 13.1. The summed E-state index contributed by atoms with van der Waals surface area (Å²) in [5.41, 5.74) is 5.64. The van der Waals surface area contributed by atoms with Gasteiger partial charge in [0.15, 0.2) is 0 Å². The zero-order valence-corrected chi connectivity index (χ0v) is 11.6. The second-order valence-corrected chi connectivity index (χ2v) is 5.39. The average Bonchev–Trinajstić information content (AvgIpc) is 2.86. The summed E-state index contributed by atoms with van der Waals surface area (Å²) in [7, 11) is 0. The second kappa shape index (κ2) is 6.67. The molecule has 0 aliphatic heterocycles. The summed E-state index contributed by atoms with van der Waals surface area (Å²) in [5, 5.41) is 12.7. The number of nitrogens with one attached hydrogen (secondary N) is 1. The zero-order valence-electron chi connectivity index (χ0n) is 11.6. The summed E-state index contributed by atoms with van der Waals surface area (Å²) in [6, 6.07) is 5.23. The van der Waals surface area contributed by atoms with E-state index in [1.54, 1.807) is 6.07 Å². The Bertz CT molecular complexity index is 535. The number of aliphatic hydroxyl groups excluding tert-OH is 1. The van der Waals surface area contributed by atoms with Gasteiger partial charge in [0.25, 0.3) is 0 Å². The Hall–Kier alpha value is -1.95. The van der Waals surface area contributed by atoms with Crippen molar-refractivity contribution < 1.29 is 19.1 Å². The molecule has 1 aliphatic carbocycles. The van der Waals surface area contributed by atoms with E-state index >= 15 is 0 Å². The minimum Gasteiger partial charge on any atom is -0.388 e. The fourth-order valence-electron chi connectivity index (χ4n) is 2.75. The number of nitrogens with two attached hydrogens (primary N) is 1. The van der Waals surface area contributed by atoms with Crippen molar-refractivity contribution >= 4 is 11.8 Å². The molecule has 0 saturated heterocycles. The van der Waals surface area contributed by atoms with Crippen LogP contribution in [0.25, 0.3) is 0 Å². The first-order valence-electron chi connectivity index (χ1n) is 6.99. The van der Waals surface area contributed by atoms with Crippen LogP contribution in [-0.4, -0.2) is 23.0 Å². The lowest BCUT2D eigenvalue weighted by Gasteiger charge is -2.19. The number of carbonyl (C=O) groups excluding carboxylic acids is 2. The molecule has 0 heterocycles. The normalized spacial score (nSPS) is 22.8. The monoisotopic (exact) mass is 294 g/mol. The highest BCUT2D eigenvalue weighted by molar-refractivity contribution is 5.81. The van der Waals surface area contributed by atoms with Gasteiger partial charge in [0, 0.05) is 6.04 Å². The van der Waals surface area contributed by atoms with Gasteiger partial charge in [-0.3, -0.25) is 9.59 Å². The van der Waals surface area contributed by atoms with Crippen molar-refractivity contribution in [2.75, 3.05) is 0 Å². The number of primary amides is 1. The first-order chi connectivity index (χ1) is 9.97. The lowest BCUT2D eigenvalue weighted by molar-refractivity contribution is -0.125. The van der Waals surface area contributed by atoms with Crippen LogP contribution in [-0.2, 0) is 9.59 Å². The van der Waals surface area contributed by atoms with Gasteiger partial charge in [0.2, 0.25) is 11.8 Å². The Balaban J connectivity index is 1.91. The highest BCUT2D eigenvalue weighted by atomic mass is 19.1. The van der Waals surface area contributed by atoms with E-state index in [2.05, 4.69) is 5.32 Å². The molecule has 0 radical (unpaired) electrons. The molecule has 0 aromatic heterocycles. The molecule has 1 aliphatic rings.